The van der Waals surface area contributed by atoms with Crippen LogP contribution in [0, 0.1) is 0 Å². The number of hydrogen-bond donors (Lipinski definition) is 0. The number of ether oxygens (including phenoxy) is 3. The standard InChI is InChI=1S/C63H100O6/c1-4-7-10-13-16-19-22-25-28-31-33-35-38-41-44-47-50-53-56-62(65)68-59-60(58-67-61(64)55-52-49-46-43-40-37-34-30-27-24-21-18-15-12-9-6-3)69-63(66)57-54-51-48-45-42-39-36-32-29-26-23-20-17-14-11-8-5-2/h9,12,16-22,25-31,33,35,37,40,46,49,60H,4-8,10-11,13-15,23-24,32,34,36,38-39,41-45,47-48,50-59H2,1-3H3/b12-9-,19-16-,20-17-,21-18-,25-22-,29-26-,30-27-,31-28-,35-33-,40-37-,49-46-. The minimum absolute atomic E-state index is 0.121. The fourth-order valence-corrected chi connectivity index (χ4v) is 7.06. The molecule has 388 valence electrons. The van der Waals surface area contributed by atoms with Crippen LogP contribution >= 0.6 is 0 Å². The number of esters is 3. The Morgan fingerprint density at radius 2 is 0.652 bits per heavy atom. The van der Waals surface area contributed by atoms with Crippen LogP contribution in [0.4, 0.5) is 0 Å². The van der Waals surface area contributed by atoms with E-state index in [1.54, 1.807) is 0 Å². The lowest BCUT2D eigenvalue weighted by Crippen LogP contribution is -2.30. The highest BCUT2D eigenvalue weighted by Crippen LogP contribution is 2.13. The molecule has 0 saturated heterocycles. The highest BCUT2D eigenvalue weighted by Gasteiger charge is 2.19. The molecule has 0 bridgehead atoms. The number of allylic oxidation sites excluding steroid dienone is 22. The third-order valence-electron chi connectivity index (χ3n) is 11.2. The maximum atomic E-state index is 12.8. The highest BCUT2D eigenvalue weighted by molar-refractivity contribution is 5.71. The lowest BCUT2D eigenvalue weighted by molar-refractivity contribution is -0.166. The molecule has 0 fully saturated rings. The maximum Gasteiger partial charge on any atom is 0.306 e. The fraction of sp³-hybridized carbons (Fsp3) is 0.603. The highest BCUT2D eigenvalue weighted by atomic mass is 16.6. The van der Waals surface area contributed by atoms with Crippen LogP contribution in [-0.2, 0) is 28.6 Å². The minimum atomic E-state index is -0.828. The molecule has 0 aliphatic rings. The normalized spacial score (nSPS) is 13.1. The summed E-state index contributed by atoms with van der Waals surface area (Å²) < 4.78 is 16.8. The van der Waals surface area contributed by atoms with E-state index < -0.39 is 6.10 Å². The van der Waals surface area contributed by atoms with Crippen LogP contribution in [0.25, 0.3) is 0 Å². The Morgan fingerprint density at radius 1 is 0.319 bits per heavy atom. The molecule has 1 unspecified atom stereocenters. The summed E-state index contributed by atoms with van der Waals surface area (Å²) in [5.74, 6) is -1.04. The third kappa shape index (κ3) is 54.4. The van der Waals surface area contributed by atoms with E-state index in [2.05, 4.69) is 142 Å². The van der Waals surface area contributed by atoms with Gasteiger partial charge < -0.3 is 14.2 Å². The Balaban J connectivity index is 4.58. The third-order valence-corrected chi connectivity index (χ3v) is 11.2. The van der Waals surface area contributed by atoms with Gasteiger partial charge in [-0.25, -0.2) is 0 Å². The molecule has 0 radical (unpaired) electrons. The summed E-state index contributed by atoms with van der Waals surface area (Å²) in [6, 6.07) is 0. The number of carbonyl (C=O) groups is 3. The van der Waals surface area contributed by atoms with Crippen molar-refractivity contribution in [3.63, 3.8) is 0 Å². The molecule has 0 rings (SSSR count). The van der Waals surface area contributed by atoms with Crippen molar-refractivity contribution < 1.29 is 28.6 Å². The molecule has 0 aromatic carbocycles. The zero-order valence-corrected chi connectivity index (χ0v) is 44.3. The van der Waals surface area contributed by atoms with Gasteiger partial charge in [0.15, 0.2) is 6.10 Å². The average molecular weight is 953 g/mol. The summed E-state index contributed by atoms with van der Waals surface area (Å²) in [5.41, 5.74) is 0. The van der Waals surface area contributed by atoms with E-state index in [4.69, 9.17) is 14.2 Å². The zero-order valence-electron chi connectivity index (χ0n) is 44.3. The molecular weight excluding hydrogens is 853 g/mol. The molecule has 0 heterocycles. The second-order valence-corrected chi connectivity index (χ2v) is 17.8. The van der Waals surface area contributed by atoms with E-state index in [1.165, 1.54) is 70.6 Å². The van der Waals surface area contributed by atoms with Gasteiger partial charge >= 0.3 is 17.9 Å². The van der Waals surface area contributed by atoms with Crippen molar-refractivity contribution in [2.75, 3.05) is 13.2 Å². The Bertz CT molecular complexity index is 1510. The Hall–Kier alpha value is -4.45. The van der Waals surface area contributed by atoms with Crippen LogP contribution in [0.3, 0.4) is 0 Å². The first-order chi connectivity index (χ1) is 34.0. The molecule has 0 saturated carbocycles. The van der Waals surface area contributed by atoms with E-state index in [0.717, 1.165) is 109 Å². The molecule has 0 amide bonds. The van der Waals surface area contributed by atoms with Gasteiger partial charge in [0.2, 0.25) is 0 Å². The van der Waals surface area contributed by atoms with Crippen molar-refractivity contribution in [3.8, 4) is 0 Å². The molecule has 0 spiro atoms. The van der Waals surface area contributed by atoms with Crippen LogP contribution in [0.2, 0.25) is 0 Å². The van der Waals surface area contributed by atoms with Gasteiger partial charge in [-0.1, -0.05) is 231 Å². The van der Waals surface area contributed by atoms with Crippen molar-refractivity contribution >= 4 is 17.9 Å². The van der Waals surface area contributed by atoms with Gasteiger partial charge in [0, 0.05) is 19.3 Å². The van der Waals surface area contributed by atoms with Crippen LogP contribution in [0.5, 0.6) is 0 Å². The second-order valence-electron chi connectivity index (χ2n) is 17.8. The number of unbranched alkanes of at least 4 members (excludes halogenated alkanes) is 18. The van der Waals surface area contributed by atoms with E-state index in [1.807, 2.05) is 12.2 Å². The maximum absolute atomic E-state index is 12.8. The van der Waals surface area contributed by atoms with E-state index >= 15 is 0 Å². The Morgan fingerprint density at radius 3 is 1.10 bits per heavy atom. The zero-order chi connectivity index (χ0) is 50.0. The largest absolute Gasteiger partial charge is 0.462 e. The van der Waals surface area contributed by atoms with Crippen LogP contribution in [0.1, 0.15) is 226 Å². The van der Waals surface area contributed by atoms with Crippen molar-refractivity contribution in [1.82, 2.24) is 0 Å². The molecule has 69 heavy (non-hydrogen) atoms. The second kappa shape index (κ2) is 56.1. The Labute approximate surface area is 424 Å². The summed E-state index contributed by atoms with van der Waals surface area (Å²) in [6.45, 7) is 6.36. The average Bonchev–Trinajstić information content (AvgIpc) is 3.35. The lowest BCUT2D eigenvalue weighted by atomic mass is 10.1. The summed E-state index contributed by atoms with van der Waals surface area (Å²) in [6.07, 6.45) is 78.7. The number of hydrogen-bond acceptors (Lipinski definition) is 6. The number of rotatable bonds is 48. The van der Waals surface area contributed by atoms with Gasteiger partial charge in [-0.05, 0) is 109 Å². The predicted octanol–water partition coefficient (Wildman–Crippen LogP) is 18.6. The molecule has 6 heteroatoms. The van der Waals surface area contributed by atoms with Crippen LogP contribution in [-0.4, -0.2) is 37.2 Å². The lowest BCUT2D eigenvalue weighted by Gasteiger charge is -2.18. The first kappa shape index (κ1) is 64.5. The van der Waals surface area contributed by atoms with Crippen molar-refractivity contribution in [2.24, 2.45) is 0 Å². The molecule has 0 aromatic heterocycles. The van der Waals surface area contributed by atoms with Gasteiger partial charge in [0.05, 0.1) is 0 Å². The van der Waals surface area contributed by atoms with Gasteiger partial charge in [0.25, 0.3) is 0 Å². The van der Waals surface area contributed by atoms with E-state index in [9.17, 15) is 14.4 Å². The van der Waals surface area contributed by atoms with Crippen LogP contribution < -0.4 is 0 Å². The summed E-state index contributed by atoms with van der Waals surface area (Å²) in [5, 5.41) is 0. The fourth-order valence-electron chi connectivity index (χ4n) is 7.06. The number of carbonyl (C=O) groups excluding carboxylic acids is 3. The van der Waals surface area contributed by atoms with E-state index in [-0.39, 0.29) is 37.5 Å². The van der Waals surface area contributed by atoms with Gasteiger partial charge in [0.1, 0.15) is 13.2 Å². The molecule has 0 aliphatic carbocycles. The smallest absolute Gasteiger partial charge is 0.306 e. The molecule has 1 atom stereocenters. The van der Waals surface area contributed by atoms with Gasteiger partial charge in [-0.3, -0.25) is 14.4 Å². The Kier molecular flexibility index (Phi) is 52.5. The van der Waals surface area contributed by atoms with Crippen molar-refractivity contribution in [1.29, 1.82) is 0 Å². The first-order valence-electron chi connectivity index (χ1n) is 27.7. The van der Waals surface area contributed by atoms with E-state index in [0.29, 0.717) is 19.3 Å². The molecule has 0 aliphatic heterocycles. The SMILES string of the molecule is CC/C=C\C/C=C\C/C=C\C/C=C\C/C=C\CCC(=O)OCC(COC(=O)CCCCCCC\C=C/C=C\C=C/C=C\CCCCC)OC(=O)CCCCCCCCC/C=C\C/C=C\CCCCC. The monoisotopic (exact) mass is 953 g/mol. The molecule has 0 N–H and O–H groups in total. The molecular formula is C63H100O6. The molecule has 0 aromatic rings. The van der Waals surface area contributed by atoms with Gasteiger partial charge in [-0.15, -0.1) is 0 Å². The quantitative estimate of drug-likeness (QED) is 0.0199. The molecule has 6 nitrogen and oxygen atoms in total. The van der Waals surface area contributed by atoms with Gasteiger partial charge in [-0.2, -0.15) is 0 Å². The first-order valence-corrected chi connectivity index (χ1v) is 27.7. The van der Waals surface area contributed by atoms with Crippen molar-refractivity contribution in [2.45, 2.75) is 232 Å². The van der Waals surface area contributed by atoms with Crippen molar-refractivity contribution in [3.05, 3.63) is 134 Å². The summed E-state index contributed by atoms with van der Waals surface area (Å²) >= 11 is 0. The summed E-state index contributed by atoms with van der Waals surface area (Å²) in [4.78, 5) is 38.1. The van der Waals surface area contributed by atoms with Crippen LogP contribution in [0.15, 0.2) is 134 Å². The predicted molar refractivity (Wildman–Crippen MR) is 297 cm³/mol. The topological polar surface area (TPSA) is 78.9 Å². The minimum Gasteiger partial charge on any atom is -0.462 e. The summed E-state index contributed by atoms with van der Waals surface area (Å²) in [7, 11) is 0.